The van der Waals surface area contributed by atoms with Crippen LogP contribution in [0.25, 0.3) is 0 Å². The monoisotopic (exact) mass is 264 g/mol. The van der Waals surface area contributed by atoms with Crippen LogP contribution in [0.4, 0.5) is 0 Å². The fourth-order valence-electron chi connectivity index (χ4n) is 2.01. The SMILES string of the molecule is CCN(C1CC1)S(=O)(=O)Cc1ccc(C#N)cc1. The number of sulfonamides is 1. The van der Waals surface area contributed by atoms with E-state index in [9.17, 15) is 8.42 Å². The van der Waals surface area contributed by atoms with Crippen LogP contribution in [0.3, 0.4) is 0 Å². The molecule has 1 saturated carbocycles. The van der Waals surface area contributed by atoms with E-state index in [2.05, 4.69) is 0 Å². The summed E-state index contributed by atoms with van der Waals surface area (Å²) in [6.07, 6.45) is 1.95. The molecule has 1 aliphatic carbocycles. The Bertz CT molecular complexity index is 554. The molecular formula is C13H16N2O2S. The maximum absolute atomic E-state index is 12.2. The molecule has 1 fully saturated rings. The smallest absolute Gasteiger partial charge is 0.212 e. The lowest BCUT2D eigenvalue weighted by Crippen LogP contribution is -2.33. The molecular weight excluding hydrogens is 248 g/mol. The van der Waals surface area contributed by atoms with E-state index in [0.29, 0.717) is 12.1 Å². The Morgan fingerprint density at radius 3 is 2.39 bits per heavy atom. The molecule has 18 heavy (non-hydrogen) atoms. The lowest BCUT2D eigenvalue weighted by molar-refractivity contribution is 0.420. The quantitative estimate of drug-likeness (QED) is 0.815. The summed E-state index contributed by atoms with van der Waals surface area (Å²) in [4.78, 5) is 0. The second-order valence-electron chi connectivity index (χ2n) is 4.50. The van der Waals surface area contributed by atoms with Gasteiger partial charge in [-0.25, -0.2) is 8.42 Å². The summed E-state index contributed by atoms with van der Waals surface area (Å²) in [6, 6.07) is 8.94. The predicted molar refractivity (Wildman–Crippen MR) is 69.2 cm³/mol. The molecule has 1 aromatic carbocycles. The van der Waals surface area contributed by atoms with Crippen molar-refractivity contribution < 1.29 is 8.42 Å². The van der Waals surface area contributed by atoms with Gasteiger partial charge in [-0.15, -0.1) is 0 Å². The first-order valence-corrected chi connectivity index (χ1v) is 7.66. The Balaban J connectivity index is 2.13. The van der Waals surface area contributed by atoms with Gasteiger partial charge in [-0.1, -0.05) is 19.1 Å². The van der Waals surface area contributed by atoms with Gasteiger partial charge in [-0.05, 0) is 30.5 Å². The van der Waals surface area contributed by atoms with Crippen LogP contribution >= 0.6 is 0 Å². The summed E-state index contributed by atoms with van der Waals surface area (Å²) in [7, 11) is -3.23. The topological polar surface area (TPSA) is 61.2 Å². The van der Waals surface area contributed by atoms with Gasteiger partial charge >= 0.3 is 0 Å². The fourth-order valence-corrected chi connectivity index (χ4v) is 3.85. The third kappa shape index (κ3) is 2.89. The van der Waals surface area contributed by atoms with E-state index in [-0.39, 0.29) is 11.8 Å². The van der Waals surface area contributed by atoms with Gasteiger partial charge in [0.2, 0.25) is 10.0 Å². The van der Waals surface area contributed by atoms with Crippen LogP contribution in [-0.2, 0) is 15.8 Å². The van der Waals surface area contributed by atoms with E-state index < -0.39 is 10.0 Å². The van der Waals surface area contributed by atoms with Crippen LogP contribution in [0, 0.1) is 11.3 Å². The molecule has 0 aromatic heterocycles. The van der Waals surface area contributed by atoms with Crippen molar-refractivity contribution in [3.63, 3.8) is 0 Å². The van der Waals surface area contributed by atoms with Crippen molar-refractivity contribution in [3.05, 3.63) is 35.4 Å². The van der Waals surface area contributed by atoms with E-state index in [1.807, 2.05) is 13.0 Å². The van der Waals surface area contributed by atoms with Crippen molar-refractivity contribution in [2.75, 3.05) is 6.54 Å². The summed E-state index contributed by atoms with van der Waals surface area (Å²) in [5, 5.41) is 8.69. The van der Waals surface area contributed by atoms with E-state index in [1.165, 1.54) is 0 Å². The average molecular weight is 264 g/mol. The molecule has 1 aromatic rings. The molecule has 0 radical (unpaired) electrons. The summed E-state index contributed by atoms with van der Waals surface area (Å²) < 4.78 is 26.0. The summed E-state index contributed by atoms with van der Waals surface area (Å²) in [5.74, 6) is 0.0169. The fraction of sp³-hybridized carbons (Fsp3) is 0.462. The molecule has 0 heterocycles. The highest BCUT2D eigenvalue weighted by Gasteiger charge is 2.35. The summed E-state index contributed by atoms with van der Waals surface area (Å²) in [6.45, 7) is 2.40. The van der Waals surface area contributed by atoms with Gasteiger partial charge in [0.15, 0.2) is 0 Å². The summed E-state index contributed by atoms with van der Waals surface area (Å²) >= 11 is 0. The Labute approximate surface area is 108 Å². The van der Waals surface area contributed by atoms with Gasteiger partial charge in [-0.3, -0.25) is 0 Å². The van der Waals surface area contributed by atoms with Crippen LogP contribution in [0.15, 0.2) is 24.3 Å². The lowest BCUT2D eigenvalue weighted by Gasteiger charge is -2.19. The largest absolute Gasteiger partial charge is 0.218 e. The number of rotatable bonds is 5. The number of nitrogens with zero attached hydrogens (tertiary/aromatic N) is 2. The molecule has 0 saturated heterocycles. The molecule has 0 atom stereocenters. The normalized spacial score (nSPS) is 15.6. The molecule has 96 valence electrons. The minimum Gasteiger partial charge on any atom is -0.212 e. The Morgan fingerprint density at radius 2 is 1.94 bits per heavy atom. The number of benzene rings is 1. The Hall–Kier alpha value is -1.38. The maximum atomic E-state index is 12.2. The molecule has 4 nitrogen and oxygen atoms in total. The lowest BCUT2D eigenvalue weighted by atomic mass is 10.2. The van der Waals surface area contributed by atoms with Gasteiger partial charge in [-0.2, -0.15) is 9.57 Å². The van der Waals surface area contributed by atoms with Gasteiger partial charge in [0.05, 0.1) is 17.4 Å². The zero-order valence-electron chi connectivity index (χ0n) is 10.3. The molecule has 0 N–H and O–H groups in total. The van der Waals surface area contributed by atoms with Gasteiger partial charge in [0.25, 0.3) is 0 Å². The Morgan fingerprint density at radius 1 is 1.33 bits per heavy atom. The van der Waals surface area contributed by atoms with E-state index >= 15 is 0 Å². The first-order valence-electron chi connectivity index (χ1n) is 6.05. The van der Waals surface area contributed by atoms with Crippen molar-refractivity contribution >= 4 is 10.0 Å². The van der Waals surface area contributed by atoms with Crippen LogP contribution in [0.1, 0.15) is 30.9 Å². The van der Waals surface area contributed by atoms with Gasteiger partial charge in [0, 0.05) is 12.6 Å². The second-order valence-corrected chi connectivity index (χ2v) is 6.42. The van der Waals surface area contributed by atoms with Crippen molar-refractivity contribution in [2.45, 2.75) is 31.6 Å². The molecule has 0 bridgehead atoms. The third-order valence-corrected chi connectivity index (χ3v) is 5.02. The summed E-state index contributed by atoms with van der Waals surface area (Å²) in [5.41, 5.74) is 1.28. The van der Waals surface area contributed by atoms with E-state index in [4.69, 9.17) is 5.26 Å². The zero-order valence-corrected chi connectivity index (χ0v) is 11.2. The highest BCUT2D eigenvalue weighted by Crippen LogP contribution is 2.30. The minimum absolute atomic E-state index is 0.0169. The minimum atomic E-state index is -3.23. The van der Waals surface area contributed by atoms with Crippen molar-refractivity contribution in [2.24, 2.45) is 0 Å². The zero-order chi connectivity index (χ0) is 13.2. The van der Waals surface area contributed by atoms with Crippen LogP contribution in [0.5, 0.6) is 0 Å². The van der Waals surface area contributed by atoms with E-state index in [1.54, 1.807) is 28.6 Å². The maximum Gasteiger partial charge on any atom is 0.218 e. The van der Waals surface area contributed by atoms with Crippen LogP contribution in [-0.4, -0.2) is 25.3 Å². The molecule has 5 heteroatoms. The molecule has 0 unspecified atom stereocenters. The molecule has 0 aliphatic heterocycles. The first kappa shape index (κ1) is 13.1. The average Bonchev–Trinajstić information content (AvgIpc) is 3.14. The number of hydrogen-bond acceptors (Lipinski definition) is 3. The van der Waals surface area contributed by atoms with Crippen molar-refractivity contribution in [1.82, 2.24) is 4.31 Å². The molecule has 0 amide bonds. The van der Waals surface area contributed by atoms with Crippen LogP contribution in [0.2, 0.25) is 0 Å². The van der Waals surface area contributed by atoms with Crippen molar-refractivity contribution in [1.29, 1.82) is 5.26 Å². The molecule has 2 rings (SSSR count). The number of hydrogen-bond donors (Lipinski definition) is 0. The molecule has 0 spiro atoms. The highest BCUT2D eigenvalue weighted by atomic mass is 32.2. The van der Waals surface area contributed by atoms with E-state index in [0.717, 1.165) is 18.4 Å². The second kappa shape index (κ2) is 5.09. The Kier molecular flexibility index (Phi) is 3.69. The first-order chi connectivity index (χ1) is 8.56. The molecule has 1 aliphatic rings. The predicted octanol–water partition coefficient (Wildman–Crippen LogP) is 1.87. The van der Waals surface area contributed by atoms with Crippen LogP contribution < -0.4 is 0 Å². The third-order valence-electron chi connectivity index (χ3n) is 3.06. The van der Waals surface area contributed by atoms with Gasteiger partial charge in [0.1, 0.15) is 0 Å². The number of nitriles is 1. The van der Waals surface area contributed by atoms with Gasteiger partial charge < -0.3 is 0 Å². The standard InChI is InChI=1S/C13H16N2O2S/c1-2-15(13-7-8-13)18(16,17)10-12-5-3-11(9-14)4-6-12/h3-6,13H,2,7-8,10H2,1H3. The highest BCUT2D eigenvalue weighted by molar-refractivity contribution is 7.88. The van der Waals surface area contributed by atoms with Crippen molar-refractivity contribution in [3.8, 4) is 6.07 Å².